The lowest BCUT2D eigenvalue weighted by Crippen LogP contribution is -2.19. The quantitative estimate of drug-likeness (QED) is 0.461. The number of aromatic amines is 1. The number of hydrogen-bond acceptors (Lipinski definition) is 6. The Labute approximate surface area is 98.2 Å². The molecule has 0 bridgehead atoms. The zero-order valence-electron chi connectivity index (χ0n) is 9.57. The first-order valence-corrected chi connectivity index (χ1v) is 5.72. The van der Waals surface area contributed by atoms with Gasteiger partial charge in [0.15, 0.2) is 5.65 Å². The summed E-state index contributed by atoms with van der Waals surface area (Å²) in [6.45, 7) is 2.17. The zero-order valence-corrected chi connectivity index (χ0v) is 9.57. The SMILES string of the molecule is CC(Nc1nc(NN)nc2[nH]ncc12)C1CC1. The summed E-state index contributed by atoms with van der Waals surface area (Å²) in [6.07, 6.45) is 4.29. The molecule has 17 heavy (non-hydrogen) atoms. The second-order valence-electron chi connectivity index (χ2n) is 4.44. The fraction of sp³-hybridized carbons (Fsp3) is 0.500. The van der Waals surface area contributed by atoms with Crippen molar-refractivity contribution in [3.05, 3.63) is 6.20 Å². The minimum absolute atomic E-state index is 0.382. The van der Waals surface area contributed by atoms with Crippen LogP contribution in [0, 0.1) is 5.92 Å². The molecule has 1 aliphatic carbocycles. The van der Waals surface area contributed by atoms with Gasteiger partial charge in [-0.2, -0.15) is 15.1 Å². The van der Waals surface area contributed by atoms with Crippen molar-refractivity contribution in [2.24, 2.45) is 11.8 Å². The van der Waals surface area contributed by atoms with Gasteiger partial charge in [0.05, 0.1) is 11.6 Å². The lowest BCUT2D eigenvalue weighted by Gasteiger charge is -2.14. The summed E-state index contributed by atoms with van der Waals surface area (Å²) in [5, 5.41) is 11.1. The Morgan fingerprint density at radius 3 is 3.00 bits per heavy atom. The summed E-state index contributed by atoms with van der Waals surface area (Å²) >= 11 is 0. The van der Waals surface area contributed by atoms with Gasteiger partial charge in [-0.15, -0.1) is 0 Å². The molecule has 2 aromatic heterocycles. The molecule has 2 heterocycles. The molecule has 1 atom stereocenters. The van der Waals surface area contributed by atoms with Crippen LogP contribution in [-0.2, 0) is 0 Å². The molecule has 1 unspecified atom stereocenters. The molecular formula is C10H15N7. The number of nitrogen functional groups attached to an aromatic ring is 1. The molecule has 90 valence electrons. The Kier molecular flexibility index (Phi) is 2.32. The van der Waals surface area contributed by atoms with Crippen LogP contribution in [0.25, 0.3) is 11.0 Å². The molecule has 3 rings (SSSR count). The molecule has 0 amide bonds. The van der Waals surface area contributed by atoms with Crippen LogP contribution in [0.3, 0.4) is 0 Å². The molecule has 2 aromatic rings. The van der Waals surface area contributed by atoms with Crippen LogP contribution in [0.4, 0.5) is 11.8 Å². The minimum Gasteiger partial charge on any atom is -0.367 e. The van der Waals surface area contributed by atoms with Crippen molar-refractivity contribution in [1.82, 2.24) is 20.2 Å². The van der Waals surface area contributed by atoms with E-state index in [1.807, 2.05) is 0 Å². The van der Waals surface area contributed by atoms with Gasteiger partial charge in [0, 0.05) is 6.04 Å². The maximum atomic E-state index is 5.34. The van der Waals surface area contributed by atoms with E-state index in [0.717, 1.165) is 17.1 Å². The average molecular weight is 233 g/mol. The fourth-order valence-electron chi connectivity index (χ4n) is 1.94. The molecule has 0 radical (unpaired) electrons. The first-order valence-electron chi connectivity index (χ1n) is 5.72. The predicted octanol–water partition coefficient (Wildman–Crippen LogP) is 0.849. The van der Waals surface area contributed by atoms with Crippen LogP contribution in [0.1, 0.15) is 19.8 Å². The van der Waals surface area contributed by atoms with Crippen molar-refractivity contribution >= 4 is 22.8 Å². The van der Waals surface area contributed by atoms with Crippen LogP contribution in [0.5, 0.6) is 0 Å². The first kappa shape index (κ1) is 10.3. The van der Waals surface area contributed by atoms with E-state index in [1.54, 1.807) is 6.20 Å². The third-order valence-corrected chi connectivity index (χ3v) is 3.13. The number of hydrazine groups is 1. The van der Waals surface area contributed by atoms with E-state index in [4.69, 9.17) is 5.84 Å². The van der Waals surface area contributed by atoms with Crippen molar-refractivity contribution in [1.29, 1.82) is 0 Å². The third-order valence-electron chi connectivity index (χ3n) is 3.13. The van der Waals surface area contributed by atoms with Crippen LogP contribution in [0.2, 0.25) is 0 Å². The molecule has 1 aliphatic rings. The molecule has 1 fully saturated rings. The number of nitrogens with one attached hydrogen (secondary N) is 3. The Hall–Kier alpha value is -1.89. The van der Waals surface area contributed by atoms with Crippen molar-refractivity contribution in [2.75, 3.05) is 10.7 Å². The van der Waals surface area contributed by atoms with E-state index in [0.29, 0.717) is 17.6 Å². The highest BCUT2D eigenvalue weighted by Crippen LogP contribution is 2.34. The first-order chi connectivity index (χ1) is 8.28. The monoisotopic (exact) mass is 233 g/mol. The summed E-state index contributed by atoms with van der Waals surface area (Å²) in [4.78, 5) is 8.50. The van der Waals surface area contributed by atoms with Gasteiger partial charge < -0.3 is 5.32 Å². The second kappa shape index (κ2) is 3.85. The standard InChI is InChI=1S/C10H15N7/c1-5(6-2-3-6)13-8-7-4-12-17-9(7)15-10(14-8)16-11/h4-6H,2-3,11H2,1H3,(H3,12,13,14,15,16,17). The van der Waals surface area contributed by atoms with Crippen molar-refractivity contribution < 1.29 is 0 Å². The molecule has 7 heteroatoms. The topological polar surface area (TPSA) is 105 Å². The van der Waals surface area contributed by atoms with Crippen LogP contribution in [0.15, 0.2) is 6.20 Å². The Morgan fingerprint density at radius 2 is 2.29 bits per heavy atom. The molecule has 0 saturated heterocycles. The smallest absolute Gasteiger partial charge is 0.241 e. The Morgan fingerprint density at radius 1 is 1.47 bits per heavy atom. The van der Waals surface area contributed by atoms with Crippen molar-refractivity contribution in [2.45, 2.75) is 25.8 Å². The van der Waals surface area contributed by atoms with Crippen LogP contribution in [-0.4, -0.2) is 26.2 Å². The number of anilines is 2. The van der Waals surface area contributed by atoms with Gasteiger partial charge in [0.2, 0.25) is 5.95 Å². The molecule has 0 spiro atoms. The minimum atomic E-state index is 0.382. The zero-order chi connectivity index (χ0) is 11.8. The largest absolute Gasteiger partial charge is 0.367 e. The van der Waals surface area contributed by atoms with E-state index < -0.39 is 0 Å². The Balaban J connectivity index is 1.97. The van der Waals surface area contributed by atoms with Gasteiger partial charge in [-0.1, -0.05) is 0 Å². The Bertz CT molecular complexity index is 530. The van der Waals surface area contributed by atoms with Crippen LogP contribution >= 0.6 is 0 Å². The molecule has 0 aromatic carbocycles. The number of nitrogens with two attached hydrogens (primary N) is 1. The highest BCUT2D eigenvalue weighted by Gasteiger charge is 2.28. The number of H-pyrrole nitrogens is 1. The highest BCUT2D eigenvalue weighted by molar-refractivity contribution is 5.87. The highest BCUT2D eigenvalue weighted by atomic mass is 15.3. The molecular weight excluding hydrogens is 218 g/mol. The van der Waals surface area contributed by atoms with Gasteiger partial charge >= 0.3 is 0 Å². The summed E-state index contributed by atoms with van der Waals surface area (Å²) in [5.74, 6) is 7.25. The molecule has 7 nitrogen and oxygen atoms in total. The van der Waals surface area contributed by atoms with E-state index in [2.05, 4.69) is 37.8 Å². The number of rotatable bonds is 4. The summed E-state index contributed by atoms with van der Waals surface area (Å²) in [6, 6.07) is 0.411. The number of aromatic nitrogens is 4. The van der Waals surface area contributed by atoms with Crippen molar-refractivity contribution in [3.8, 4) is 0 Å². The van der Waals surface area contributed by atoms with Gasteiger partial charge in [0.25, 0.3) is 0 Å². The number of fused-ring (bicyclic) bond motifs is 1. The molecule has 0 aliphatic heterocycles. The van der Waals surface area contributed by atoms with Gasteiger partial charge in [0.1, 0.15) is 5.82 Å². The normalized spacial score (nSPS) is 17.1. The summed E-state index contributed by atoms with van der Waals surface area (Å²) < 4.78 is 0. The number of nitrogens with zero attached hydrogens (tertiary/aromatic N) is 3. The number of hydrogen-bond donors (Lipinski definition) is 4. The van der Waals surface area contributed by atoms with Gasteiger partial charge in [-0.25, -0.2) is 5.84 Å². The van der Waals surface area contributed by atoms with E-state index in [-0.39, 0.29) is 0 Å². The molecule has 5 N–H and O–H groups in total. The van der Waals surface area contributed by atoms with E-state index >= 15 is 0 Å². The second-order valence-corrected chi connectivity index (χ2v) is 4.44. The predicted molar refractivity (Wildman–Crippen MR) is 65.3 cm³/mol. The van der Waals surface area contributed by atoms with Crippen LogP contribution < -0.4 is 16.6 Å². The van der Waals surface area contributed by atoms with Crippen molar-refractivity contribution in [3.63, 3.8) is 0 Å². The van der Waals surface area contributed by atoms with E-state index in [9.17, 15) is 0 Å². The third kappa shape index (κ3) is 1.89. The summed E-state index contributed by atoms with van der Waals surface area (Å²) in [5.41, 5.74) is 3.14. The van der Waals surface area contributed by atoms with E-state index in [1.165, 1.54) is 12.8 Å². The lowest BCUT2D eigenvalue weighted by molar-refractivity contribution is 0.691. The average Bonchev–Trinajstić information content (AvgIpc) is 3.07. The maximum absolute atomic E-state index is 5.34. The van der Waals surface area contributed by atoms with Gasteiger partial charge in [-0.05, 0) is 25.7 Å². The molecule has 1 saturated carbocycles. The van der Waals surface area contributed by atoms with Gasteiger partial charge in [-0.3, -0.25) is 10.5 Å². The lowest BCUT2D eigenvalue weighted by atomic mass is 10.2. The fourth-order valence-corrected chi connectivity index (χ4v) is 1.94. The maximum Gasteiger partial charge on any atom is 0.241 e. The summed E-state index contributed by atoms with van der Waals surface area (Å²) in [7, 11) is 0.